The molecule has 9 heavy (non-hydrogen) atoms. The number of rotatable bonds is 0. The van der Waals surface area contributed by atoms with Crippen LogP contribution in [0, 0.1) is 5.21 Å². The fraction of sp³-hybridized carbons (Fsp3) is 0. The number of aromatic nitrogens is 1. The molecule has 0 aliphatic carbocycles. The molecule has 0 aromatic carbocycles. The van der Waals surface area contributed by atoms with Gasteiger partial charge in [-0.1, -0.05) is 6.07 Å². The van der Waals surface area contributed by atoms with Crippen LogP contribution in [0.1, 0.15) is 0 Å². The molecular weight excluding hydrogens is 205 g/mol. The van der Waals surface area contributed by atoms with Crippen molar-refractivity contribution < 1.29 is 38.6 Å². The third kappa shape index (κ3) is 4.48. The van der Waals surface area contributed by atoms with Crippen molar-refractivity contribution >= 4 is 0 Å². The number of nitrogens with zero attached hydrogens (tertiary/aromatic N) is 1. The van der Waals surface area contributed by atoms with Crippen LogP contribution in [0.3, 0.4) is 0 Å². The van der Waals surface area contributed by atoms with Crippen molar-refractivity contribution in [2.45, 2.75) is 0 Å². The Bertz CT molecular complexity index is 147. The molecule has 1 radical (unpaired) electrons. The van der Waals surface area contributed by atoms with E-state index >= 15 is 0 Å². The molecule has 53 valence electrons. The van der Waals surface area contributed by atoms with Gasteiger partial charge in [-0.15, -0.1) is 0 Å². The Balaban J connectivity index is 0. The molecular formula is C5H5CoFeNO. The Morgan fingerprint density at radius 1 is 1.00 bits per heavy atom. The van der Waals surface area contributed by atoms with Crippen molar-refractivity contribution in [1.29, 1.82) is 0 Å². The Hall–Kier alpha value is -0.0240. The largest absolute Gasteiger partial charge is 0.619 e. The predicted octanol–water partition coefficient (Wildman–Crippen LogP) is 0.315. The zero-order chi connectivity index (χ0) is 5.11. The molecule has 0 fully saturated rings. The zero-order valence-electron chi connectivity index (χ0n) is 4.43. The minimum Gasteiger partial charge on any atom is -0.619 e. The standard InChI is InChI=1S/C5H5NO.Co.Fe/c7-6-4-2-1-3-5-6;;/h1-5H;;. The van der Waals surface area contributed by atoms with Crippen molar-refractivity contribution in [2.24, 2.45) is 0 Å². The molecule has 0 unspecified atom stereocenters. The van der Waals surface area contributed by atoms with E-state index < -0.39 is 0 Å². The van der Waals surface area contributed by atoms with Crippen LogP contribution >= 0.6 is 0 Å². The molecule has 1 aromatic heterocycles. The zero-order valence-corrected chi connectivity index (χ0v) is 6.57. The van der Waals surface area contributed by atoms with Gasteiger partial charge in [0.1, 0.15) is 0 Å². The summed E-state index contributed by atoms with van der Waals surface area (Å²) in [6, 6.07) is 5.18. The van der Waals surface area contributed by atoms with Gasteiger partial charge in [0, 0.05) is 46.0 Å². The minimum absolute atomic E-state index is 0. The van der Waals surface area contributed by atoms with Crippen LogP contribution in [0.2, 0.25) is 0 Å². The summed E-state index contributed by atoms with van der Waals surface area (Å²) in [5.74, 6) is 0. The molecule has 0 saturated carbocycles. The Morgan fingerprint density at radius 2 is 1.44 bits per heavy atom. The summed E-state index contributed by atoms with van der Waals surface area (Å²) >= 11 is 0. The van der Waals surface area contributed by atoms with Gasteiger partial charge in [-0.25, -0.2) is 0 Å². The second kappa shape index (κ2) is 6.10. The van der Waals surface area contributed by atoms with E-state index in [1.165, 1.54) is 12.4 Å². The van der Waals surface area contributed by atoms with Gasteiger partial charge in [0.25, 0.3) is 0 Å². The average Bonchev–Trinajstić information content (AvgIpc) is 1.69. The fourth-order valence-electron chi connectivity index (χ4n) is 0.383. The molecule has 1 aromatic rings. The van der Waals surface area contributed by atoms with Gasteiger partial charge in [-0.3, -0.25) is 0 Å². The number of pyridine rings is 1. The summed E-state index contributed by atoms with van der Waals surface area (Å²) in [5.41, 5.74) is 0. The second-order valence-electron chi connectivity index (χ2n) is 1.24. The molecule has 4 heteroatoms. The molecule has 0 amide bonds. The summed E-state index contributed by atoms with van der Waals surface area (Å²) in [6.45, 7) is 0. The van der Waals surface area contributed by atoms with Gasteiger partial charge in [0.15, 0.2) is 12.4 Å². The van der Waals surface area contributed by atoms with Crippen molar-refractivity contribution in [3.63, 3.8) is 0 Å². The number of hydrogen-bond acceptors (Lipinski definition) is 1. The molecule has 2 nitrogen and oxygen atoms in total. The smallest absolute Gasteiger partial charge is 0.180 e. The van der Waals surface area contributed by atoms with E-state index in [1.807, 2.05) is 0 Å². The molecule has 0 saturated heterocycles. The predicted molar refractivity (Wildman–Crippen MR) is 25.4 cm³/mol. The third-order valence-corrected chi connectivity index (χ3v) is 0.688. The first-order valence-electron chi connectivity index (χ1n) is 2.03. The maximum Gasteiger partial charge on any atom is 0.180 e. The van der Waals surface area contributed by atoms with Crippen LogP contribution in [0.25, 0.3) is 0 Å². The van der Waals surface area contributed by atoms with Crippen LogP contribution in [0.15, 0.2) is 30.6 Å². The molecule has 1 heterocycles. The first-order chi connectivity index (χ1) is 3.39. The fourth-order valence-corrected chi connectivity index (χ4v) is 0.383. The molecule has 0 aliphatic heterocycles. The van der Waals surface area contributed by atoms with Crippen LogP contribution in [-0.2, 0) is 33.8 Å². The SMILES string of the molecule is [Co].[Fe].[O-][n+]1ccccc1. The van der Waals surface area contributed by atoms with E-state index in [9.17, 15) is 5.21 Å². The van der Waals surface area contributed by atoms with Crippen LogP contribution in [0.4, 0.5) is 0 Å². The van der Waals surface area contributed by atoms with E-state index in [-0.39, 0.29) is 33.8 Å². The third-order valence-electron chi connectivity index (χ3n) is 0.688. The monoisotopic (exact) mass is 210 g/mol. The van der Waals surface area contributed by atoms with Crippen molar-refractivity contribution in [3.8, 4) is 0 Å². The maximum atomic E-state index is 10.2. The summed E-state index contributed by atoms with van der Waals surface area (Å²) in [5, 5.41) is 10.2. The molecule has 0 bridgehead atoms. The maximum absolute atomic E-state index is 10.2. The first kappa shape index (κ1) is 11.7. The molecule has 0 spiro atoms. The summed E-state index contributed by atoms with van der Waals surface area (Å²) < 4.78 is 0.750. The molecule has 1 rings (SSSR count). The Morgan fingerprint density at radius 3 is 1.67 bits per heavy atom. The van der Waals surface area contributed by atoms with Gasteiger partial charge in [0.2, 0.25) is 0 Å². The van der Waals surface area contributed by atoms with Crippen molar-refractivity contribution in [2.75, 3.05) is 0 Å². The van der Waals surface area contributed by atoms with Crippen molar-refractivity contribution in [1.82, 2.24) is 0 Å². The van der Waals surface area contributed by atoms with Gasteiger partial charge in [-0.05, 0) is 0 Å². The summed E-state index contributed by atoms with van der Waals surface area (Å²) in [7, 11) is 0. The van der Waals surface area contributed by atoms with E-state index in [0.717, 1.165) is 4.73 Å². The van der Waals surface area contributed by atoms with Gasteiger partial charge >= 0.3 is 0 Å². The van der Waals surface area contributed by atoms with E-state index in [1.54, 1.807) is 18.2 Å². The van der Waals surface area contributed by atoms with Gasteiger partial charge in [-0.2, -0.15) is 4.73 Å². The van der Waals surface area contributed by atoms with Crippen LogP contribution in [0.5, 0.6) is 0 Å². The molecule has 0 aliphatic rings. The average molecular weight is 210 g/mol. The van der Waals surface area contributed by atoms with Crippen LogP contribution in [-0.4, -0.2) is 0 Å². The summed E-state index contributed by atoms with van der Waals surface area (Å²) in [4.78, 5) is 0. The molecule has 0 N–H and O–H groups in total. The topological polar surface area (TPSA) is 26.9 Å². The summed E-state index contributed by atoms with van der Waals surface area (Å²) in [6.07, 6.45) is 2.89. The minimum atomic E-state index is 0. The van der Waals surface area contributed by atoms with Gasteiger partial charge in [0.05, 0.1) is 0 Å². The first-order valence-corrected chi connectivity index (χ1v) is 2.03. The van der Waals surface area contributed by atoms with E-state index in [4.69, 9.17) is 0 Å². The quantitative estimate of drug-likeness (QED) is 0.344. The Kier molecular flexibility index (Phi) is 7.95. The van der Waals surface area contributed by atoms with Crippen molar-refractivity contribution in [3.05, 3.63) is 35.8 Å². The van der Waals surface area contributed by atoms with Gasteiger partial charge < -0.3 is 5.21 Å². The molecule has 0 atom stereocenters. The second-order valence-corrected chi connectivity index (χ2v) is 1.24. The van der Waals surface area contributed by atoms with Crippen LogP contribution < -0.4 is 4.73 Å². The number of hydrogen-bond donors (Lipinski definition) is 0. The van der Waals surface area contributed by atoms with E-state index in [2.05, 4.69) is 0 Å². The van der Waals surface area contributed by atoms with E-state index in [0.29, 0.717) is 0 Å². The Labute approximate surface area is 74.5 Å². The normalized spacial score (nSPS) is 6.67.